The number of anilines is 1. The van der Waals surface area contributed by atoms with Gasteiger partial charge in [0.15, 0.2) is 0 Å². The summed E-state index contributed by atoms with van der Waals surface area (Å²) in [5.41, 5.74) is 9.58. The molecule has 0 aliphatic heterocycles. The van der Waals surface area contributed by atoms with Crippen LogP contribution in [0.5, 0.6) is 5.75 Å². The van der Waals surface area contributed by atoms with E-state index in [1.54, 1.807) is 7.11 Å². The van der Waals surface area contributed by atoms with Crippen molar-refractivity contribution in [2.75, 3.05) is 12.8 Å². The van der Waals surface area contributed by atoms with Crippen LogP contribution in [0.25, 0.3) is 11.1 Å². The van der Waals surface area contributed by atoms with Gasteiger partial charge in [0, 0.05) is 22.5 Å². The molecule has 1 amide bonds. The van der Waals surface area contributed by atoms with E-state index < -0.39 is 0 Å². The summed E-state index contributed by atoms with van der Waals surface area (Å²) in [6.45, 7) is 2.53. The van der Waals surface area contributed by atoms with Gasteiger partial charge in [0.25, 0.3) is 5.91 Å². The minimum Gasteiger partial charge on any atom is -0.496 e. The molecule has 0 saturated heterocycles. The predicted octanol–water partition coefficient (Wildman–Crippen LogP) is 4.50. The van der Waals surface area contributed by atoms with Crippen LogP contribution in [0.1, 0.15) is 27.7 Å². The average Bonchev–Trinajstić information content (AvgIpc) is 3.03. The molecule has 0 unspecified atom stereocenters. The first-order chi connectivity index (χ1) is 12.7. The lowest BCUT2D eigenvalue weighted by molar-refractivity contribution is 0.0953. The van der Waals surface area contributed by atoms with Crippen LogP contribution in [-0.2, 0) is 13.0 Å². The van der Waals surface area contributed by atoms with Crippen LogP contribution >= 0.6 is 11.3 Å². The second kappa shape index (κ2) is 8.06. The SMILES string of the molecule is CCc1sc(N)c(C(=O)NCc2ccccc2)c1-c1ccccc1OC. The molecule has 0 spiro atoms. The Morgan fingerprint density at radius 2 is 1.81 bits per heavy atom. The van der Waals surface area contributed by atoms with Gasteiger partial charge >= 0.3 is 0 Å². The second-order valence-corrected chi connectivity index (χ2v) is 7.00. The summed E-state index contributed by atoms with van der Waals surface area (Å²) < 4.78 is 5.50. The number of hydrogen-bond acceptors (Lipinski definition) is 4. The normalized spacial score (nSPS) is 10.5. The lowest BCUT2D eigenvalue weighted by atomic mass is 9.98. The van der Waals surface area contributed by atoms with Gasteiger partial charge in [-0.05, 0) is 18.1 Å². The molecule has 0 fully saturated rings. The zero-order chi connectivity index (χ0) is 18.5. The molecular weight excluding hydrogens is 344 g/mol. The molecule has 0 radical (unpaired) electrons. The third kappa shape index (κ3) is 3.58. The Morgan fingerprint density at radius 3 is 2.50 bits per heavy atom. The minimum atomic E-state index is -0.164. The predicted molar refractivity (Wildman–Crippen MR) is 108 cm³/mol. The second-order valence-electron chi connectivity index (χ2n) is 5.86. The third-order valence-corrected chi connectivity index (χ3v) is 5.39. The van der Waals surface area contributed by atoms with Crippen molar-refractivity contribution >= 4 is 22.2 Å². The van der Waals surface area contributed by atoms with Crippen LogP contribution in [0.4, 0.5) is 5.00 Å². The summed E-state index contributed by atoms with van der Waals surface area (Å²) in [6, 6.07) is 17.5. The maximum atomic E-state index is 12.9. The molecule has 0 atom stereocenters. The molecular formula is C21H22N2O2S. The maximum absolute atomic E-state index is 12.9. The summed E-state index contributed by atoms with van der Waals surface area (Å²) in [4.78, 5) is 14.0. The van der Waals surface area contributed by atoms with Crippen LogP contribution in [0.2, 0.25) is 0 Å². The number of nitrogen functional groups attached to an aromatic ring is 1. The first kappa shape index (κ1) is 18.0. The number of hydrogen-bond donors (Lipinski definition) is 2. The number of methoxy groups -OCH3 is 1. The molecule has 134 valence electrons. The van der Waals surface area contributed by atoms with Crippen molar-refractivity contribution in [2.24, 2.45) is 0 Å². The number of thiophene rings is 1. The highest BCUT2D eigenvalue weighted by Gasteiger charge is 2.24. The lowest BCUT2D eigenvalue weighted by Gasteiger charge is -2.12. The number of benzene rings is 2. The standard InChI is InChI=1S/C21H22N2O2S/c1-3-17-18(15-11-7-8-12-16(15)25-2)19(20(22)26-17)21(24)23-13-14-9-5-4-6-10-14/h4-12H,3,13,22H2,1-2H3,(H,23,24). The molecule has 3 rings (SSSR count). The molecule has 26 heavy (non-hydrogen) atoms. The molecule has 1 heterocycles. The highest BCUT2D eigenvalue weighted by atomic mass is 32.1. The number of aryl methyl sites for hydroxylation is 1. The first-order valence-corrected chi connectivity index (χ1v) is 9.34. The molecule has 3 N–H and O–H groups in total. The number of nitrogens with two attached hydrogens (primary N) is 1. The number of carbonyl (C=O) groups is 1. The Bertz CT molecular complexity index is 904. The lowest BCUT2D eigenvalue weighted by Crippen LogP contribution is -2.23. The van der Waals surface area contributed by atoms with Crippen molar-refractivity contribution in [3.8, 4) is 16.9 Å². The highest BCUT2D eigenvalue weighted by molar-refractivity contribution is 7.17. The van der Waals surface area contributed by atoms with Crippen molar-refractivity contribution in [2.45, 2.75) is 19.9 Å². The van der Waals surface area contributed by atoms with Gasteiger partial charge in [-0.2, -0.15) is 0 Å². The largest absolute Gasteiger partial charge is 0.496 e. The average molecular weight is 366 g/mol. The number of carbonyl (C=O) groups excluding carboxylic acids is 1. The molecule has 2 aromatic carbocycles. The van der Waals surface area contributed by atoms with E-state index in [1.807, 2.05) is 54.6 Å². The van der Waals surface area contributed by atoms with Crippen LogP contribution in [0.15, 0.2) is 54.6 Å². The zero-order valence-corrected chi connectivity index (χ0v) is 15.7. The number of para-hydroxylation sites is 1. The monoisotopic (exact) mass is 366 g/mol. The maximum Gasteiger partial charge on any atom is 0.255 e. The quantitative estimate of drug-likeness (QED) is 0.675. The van der Waals surface area contributed by atoms with E-state index in [2.05, 4.69) is 12.2 Å². The molecule has 3 aromatic rings. The fourth-order valence-electron chi connectivity index (χ4n) is 2.97. The van der Waals surface area contributed by atoms with Crippen molar-refractivity contribution in [1.82, 2.24) is 5.32 Å². The number of ether oxygens (including phenoxy) is 1. The Morgan fingerprint density at radius 1 is 1.12 bits per heavy atom. The first-order valence-electron chi connectivity index (χ1n) is 8.52. The molecule has 0 aliphatic rings. The van der Waals surface area contributed by atoms with E-state index in [0.29, 0.717) is 17.1 Å². The van der Waals surface area contributed by atoms with Crippen molar-refractivity contribution < 1.29 is 9.53 Å². The Kier molecular flexibility index (Phi) is 5.58. The van der Waals surface area contributed by atoms with Crippen molar-refractivity contribution in [3.63, 3.8) is 0 Å². The van der Waals surface area contributed by atoms with E-state index in [1.165, 1.54) is 11.3 Å². The summed E-state index contributed by atoms with van der Waals surface area (Å²) in [7, 11) is 1.63. The Hall–Kier alpha value is -2.79. The molecule has 0 bridgehead atoms. The summed E-state index contributed by atoms with van der Waals surface area (Å²) in [5.74, 6) is 0.570. The topological polar surface area (TPSA) is 64.4 Å². The molecule has 5 heteroatoms. The van der Waals surface area contributed by atoms with Crippen LogP contribution in [0, 0.1) is 0 Å². The van der Waals surface area contributed by atoms with Gasteiger partial charge in [0.1, 0.15) is 5.75 Å². The molecule has 4 nitrogen and oxygen atoms in total. The fourth-order valence-corrected chi connectivity index (χ4v) is 4.00. The fraction of sp³-hybridized carbons (Fsp3) is 0.190. The number of rotatable bonds is 6. The molecule has 1 aromatic heterocycles. The molecule has 0 saturated carbocycles. The van der Waals surface area contributed by atoms with E-state index in [4.69, 9.17) is 10.5 Å². The third-order valence-electron chi connectivity index (χ3n) is 4.23. The van der Waals surface area contributed by atoms with Gasteiger partial charge in [-0.1, -0.05) is 55.5 Å². The van der Waals surface area contributed by atoms with E-state index in [9.17, 15) is 4.79 Å². The van der Waals surface area contributed by atoms with Crippen LogP contribution in [0.3, 0.4) is 0 Å². The number of amides is 1. The van der Waals surface area contributed by atoms with Gasteiger partial charge in [-0.3, -0.25) is 4.79 Å². The van der Waals surface area contributed by atoms with Crippen molar-refractivity contribution in [1.29, 1.82) is 0 Å². The Balaban J connectivity index is 1.99. The smallest absolute Gasteiger partial charge is 0.255 e. The van der Waals surface area contributed by atoms with Gasteiger partial charge in [-0.15, -0.1) is 11.3 Å². The van der Waals surface area contributed by atoms with Crippen LogP contribution in [-0.4, -0.2) is 13.0 Å². The number of nitrogens with one attached hydrogen (secondary N) is 1. The van der Waals surface area contributed by atoms with Gasteiger partial charge in [-0.25, -0.2) is 0 Å². The van der Waals surface area contributed by atoms with Crippen LogP contribution < -0.4 is 15.8 Å². The summed E-state index contributed by atoms with van der Waals surface area (Å²) >= 11 is 1.47. The van der Waals surface area contributed by atoms with Gasteiger partial charge in [0.05, 0.1) is 17.7 Å². The highest BCUT2D eigenvalue weighted by Crippen LogP contribution is 2.42. The van der Waals surface area contributed by atoms with Gasteiger partial charge in [0.2, 0.25) is 0 Å². The van der Waals surface area contributed by atoms with Crippen molar-refractivity contribution in [3.05, 3.63) is 70.6 Å². The van der Waals surface area contributed by atoms with Gasteiger partial charge < -0.3 is 15.8 Å². The summed E-state index contributed by atoms with van der Waals surface area (Å²) in [5, 5.41) is 3.52. The molecule has 0 aliphatic carbocycles. The zero-order valence-electron chi connectivity index (χ0n) is 14.9. The van der Waals surface area contributed by atoms with E-state index in [0.717, 1.165) is 33.7 Å². The van der Waals surface area contributed by atoms with E-state index >= 15 is 0 Å². The Labute approximate surface area is 157 Å². The summed E-state index contributed by atoms with van der Waals surface area (Å²) in [6.07, 6.45) is 0.800. The van der Waals surface area contributed by atoms with E-state index in [-0.39, 0.29) is 5.91 Å². The minimum absolute atomic E-state index is 0.164.